The summed E-state index contributed by atoms with van der Waals surface area (Å²) in [6, 6.07) is 24.3. The second-order valence-corrected chi connectivity index (χ2v) is 5.81. The first-order chi connectivity index (χ1) is 12.3. The van der Waals surface area contributed by atoms with Gasteiger partial charge in [-0.05, 0) is 42.7 Å². The maximum atomic E-state index is 9.45. The van der Waals surface area contributed by atoms with Crippen LogP contribution in [-0.4, -0.2) is 11.5 Å². The van der Waals surface area contributed by atoms with Gasteiger partial charge in [0.25, 0.3) is 0 Å². The van der Waals surface area contributed by atoms with E-state index in [1.165, 1.54) is 5.56 Å². The van der Waals surface area contributed by atoms with Crippen molar-refractivity contribution in [2.45, 2.75) is 13.3 Å². The van der Waals surface area contributed by atoms with Crippen LogP contribution in [0.4, 0.5) is 17.3 Å². The van der Waals surface area contributed by atoms with E-state index < -0.39 is 0 Å². The van der Waals surface area contributed by atoms with E-state index in [9.17, 15) is 5.26 Å². The third kappa shape index (κ3) is 4.36. The molecule has 1 heterocycles. The average molecular weight is 328 g/mol. The Labute approximate surface area is 148 Å². The normalized spacial score (nSPS) is 10.1. The van der Waals surface area contributed by atoms with Crippen LogP contribution in [0.1, 0.15) is 16.7 Å². The monoisotopic (exact) mass is 328 g/mol. The molecule has 4 nitrogen and oxygen atoms in total. The maximum absolute atomic E-state index is 9.45. The molecule has 0 saturated carbocycles. The van der Waals surface area contributed by atoms with Crippen molar-refractivity contribution in [2.75, 3.05) is 17.2 Å². The van der Waals surface area contributed by atoms with Crippen molar-refractivity contribution in [1.82, 2.24) is 4.98 Å². The molecule has 0 spiro atoms. The quantitative estimate of drug-likeness (QED) is 0.691. The summed E-state index contributed by atoms with van der Waals surface area (Å²) in [5.74, 6) is 1.35. The molecule has 0 saturated heterocycles. The number of aromatic nitrogens is 1. The number of para-hydroxylation sites is 1. The van der Waals surface area contributed by atoms with Crippen molar-refractivity contribution in [3.8, 4) is 6.07 Å². The summed E-state index contributed by atoms with van der Waals surface area (Å²) in [5.41, 5.74) is 3.71. The molecule has 0 aliphatic heterocycles. The molecule has 0 unspecified atom stereocenters. The lowest BCUT2D eigenvalue weighted by Gasteiger charge is -2.13. The fraction of sp³-hybridized carbons (Fsp3) is 0.143. The minimum absolute atomic E-state index is 0.590. The molecule has 0 radical (unpaired) electrons. The minimum atomic E-state index is 0.590. The molecule has 3 rings (SSSR count). The smallest absolute Gasteiger partial charge is 0.146 e. The number of aryl methyl sites for hydroxylation is 1. The van der Waals surface area contributed by atoms with Crippen LogP contribution in [0.25, 0.3) is 0 Å². The fourth-order valence-electron chi connectivity index (χ4n) is 2.65. The van der Waals surface area contributed by atoms with Gasteiger partial charge in [0.15, 0.2) is 0 Å². The summed E-state index contributed by atoms with van der Waals surface area (Å²) in [6.45, 7) is 2.65. The van der Waals surface area contributed by atoms with Gasteiger partial charge in [0.1, 0.15) is 17.7 Å². The number of anilines is 3. The topological polar surface area (TPSA) is 60.7 Å². The first kappa shape index (κ1) is 16.5. The number of nitriles is 1. The Kier molecular flexibility index (Phi) is 5.28. The van der Waals surface area contributed by atoms with Gasteiger partial charge in [0.05, 0.1) is 5.56 Å². The number of nitrogens with one attached hydrogen (secondary N) is 2. The zero-order chi connectivity index (χ0) is 17.5. The molecule has 0 fully saturated rings. The number of nitrogens with zero attached hydrogens (tertiary/aromatic N) is 2. The van der Waals surface area contributed by atoms with Gasteiger partial charge in [-0.1, -0.05) is 48.5 Å². The van der Waals surface area contributed by atoms with Crippen LogP contribution >= 0.6 is 0 Å². The second kappa shape index (κ2) is 7.98. The standard InChI is InChI=1S/C21H20N4/c1-16-14-20(24-18-10-6-3-7-11-18)25-21(19(16)15-22)23-13-12-17-8-4-2-5-9-17/h2-11,14H,12-13H2,1H3,(H2,23,24,25). The zero-order valence-corrected chi connectivity index (χ0v) is 14.2. The van der Waals surface area contributed by atoms with Crippen molar-refractivity contribution in [3.63, 3.8) is 0 Å². The van der Waals surface area contributed by atoms with Crippen LogP contribution in [0.3, 0.4) is 0 Å². The summed E-state index contributed by atoms with van der Waals surface area (Å²) >= 11 is 0. The Morgan fingerprint density at radius 2 is 1.68 bits per heavy atom. The maximum Gasteiger partial charge on any atom is 0.146 e. The van der Waals surface area contributed by atoms with E-state index in [-0.39, 0.29) is 0 Å². The van der Waals surface area contributed by atoms with Gasteiger partial charge in [-0.2, -0.15) is 5.26 Å². The zero-order valence-electron chi connectivity index (χ0n) is 14.2. The van der Waals surface area contributed by atoms with Crippen LogP contribution < -0.4 is 10.6 Å². The van der Waals surface area contributed by atoms with Gasteiger partial charge in [-0.15, -0.1) is 0 Å². The summed E-state index contributed by atoms with van der Waals surface area (Å²) in [7, 11) is 0. The van der Waals surface area contributed by atoms with E-state index in [2.05, 4.69) is 33.8 Å². The van der Waals surface area contributed by atoms with Crippen LogP contribution in [0.5, 0.6) is 0 Å². The molecular weight excluding hydrogens is 308 g/mol. The molecule has 0 aliphatic rings. The summed E-state index contributed by atoms with van der Waals surface area (Å²) in [5, 5.41) is 16.0. The van der Waals surface area contributed by atoms with Crippen LogP contribution in [0, 0.1) is 18.3 Å². The van der Waals surface area contributed by atoms with E-state index in [0.29, 0.717) is 11.4 Å². The van der Waals surface area contributed by atoms with E-state index in [4.69, 9.17) is 0 Å². The predicted octanol–water partition coefficient (Wildman–Crippen LogP) is 4.66. The van der Waals surface area contributed by atoms with Crippen molar-refractivity contribution < 1.29 is 0 Å². The van der Waals surface area contributed by atoms with Crippen molar-refractivity contribution in [1.29, 1.82) is 5.26 Å². The highest BCUT2D eigenvalue weighted by Crippen LogP contribution is 2.23. The van der Waals surface area contributed by atoms with E-state index in [1.807, 2.05) is 61.5 Å². The summed E-state index contributed by atoms with van der Waals surface area (Å²) in [6.07, 6.45) is 0.878. The lowest BCUT2D eigenvalue weighted by molar-refractivity contribution is 1.00. The number of hydrogen-bond acceptors (Lipinski definition) is 4. The van der Waals surface area contributed by atoms with E-state index in [0.717, 1.165) is 30.0 Å². The molecule has 25 heavy (non-hydrogen) atoms. The highest BCUT2D eigenvalue weighted by molar-refractivity contribution is 5.64. The Bertz CT molecular complexity index is 868. The molecule has 1 aromatic heterocycles. The number of benzene rings is 2. The fourth-order valence-corrected chi connectivity index (χ4v) is 2.65. The molecule has 0 amide bonds. The van der Waals surface area contributed by atoms with Gasteiger partial charge < -0.3 is 10.6 Å². The molecule has 0 bridgehead atoms. The molecule has 4 heteroatoms. The largest absolute Gasteiger partial charge is 0.369 e. The summed E-state index contributed by atoms with van der Waals surface area (Å²) < 4.78 is 0. The number of pyridine rings is 1. The van der Waals surface area contributed by atoms with Gasteiger partial charge in [0.2, 0.25) is 0 Å². The second-order valence-electron chi connectivity index (χ2n) is 5.81. The van der Waals surface area contributed by atoms with Gasteiger partial charge in [-0.25, -0.2) is 4.98 Å². The first-order valence-corrected chi connectivity index (χ1v) is 8.28. The number of hydrogen-bond donors (Lipinski definition) is 2. The Balaban J connectivity index is 1.76. The van der Waals surface area contributed by atoms with E-state index >= 15 is 0 Å². The number of rotatable bonds is 6. The predicted molar refractivity (Wildman–Crippen MR) is 102 cm³/mol. The third-order valence-corrected chi connectivity index (χ3v) is 3.92. The molecule has 2 aromatic carbocycles. The Hall–Kier alpha value is -3.32. The van der Waals surface area contributed by atoms with Crippen molar-refractivity contribution in [3.05, 3.63) is 83.4 Å². The van der Waals surface area contributed by atoms with Crippen LogP contribution in [-0.2, 0) is 6.42 Å². The highest BCUT2D eigenvalue weighted by Gasteiger charge is 2.10. The van der Waals surface area contributed by atoms with Gasteiger partial charge in [0, 0.05) is 12.2 Å². The molecule has 3 aromatic rings. The molecule has 2 N–H and O–H groups in total. The molecular formula is C21H20N4. The Morgan fingerprint density at radius 1 is 1.00 bits per heavy atom. The lowest BCUT2D eigenvalue weighted by atomic mass is 10.1. The molecule has 0 atom stereocenters. The molecule has 0 aliphatic carbocycles. The highest BCUT2D eigenvalue weighted by atomic mass is 15.1. The van der Waals surface area contributed by atoms with Crippen LogP contribution in [0.15, 0.2) is 66.7 Å². The van der Waals surface area contributed by atoms with Crippen molar-refractivity contribution in [2.24, 2.45) is 0 Å². The van der Waals surface area contributed by atoms with Gasteiger partial charge >= 0.3 is 0 Å². The third-order valence-electron chi connectivity index (χ3n) is 3.92. The molecule has 124 valence electrons. The SMILES string of the molecule is Cc1cc(Nc2ccccc2)nc(NCCc2ccccc2)c1C#N. The summed E-state index contributed by atoms with van der Waals surface area (Å²) in [4.78, 5) is 4.59. The lowest BCUT2D eigenvalue weighted by Crippen LogP contribution is -2.10. The van der Waals surface area contributed by atoms with Crippen molar-refractivity contribution >= 4 is 17.3 Å². The Morgan fingerprint density at radius 3 is 2.36 bits per heavy atom. The minimum Gasteiger partial charge on any atom is -0.369 e. The van der Waals surface area contributed by atoms with Crippen LogP contribution in [0.2, 0.25) is 0 Å². The first-order valence-electron chi connectivity index (χ1n) is 8.28. The van der Waals surface area contributed by atoms with Gasteiger partial charge in [-0.3, -0.25) is 0 Å². The average Bonchev–Trinajstić information content (AvgIpc) is 2.63. The van der Waals surface area contributed by atoms with E-state index in [1.54, 1.807) is 0 Å².